The van der Waals surface area contributed by atoms with E-state index in [0.717, 1.165) is 6.07 Å². The Morgan fingerprint density at radius 2 is 1.94 bits per heavy atom. The SMILES string of the molecule is O=C(O)CCOc1c(F)cc(F)cc1-c1cccc(C[C@@H]2NCCC[C@@H]2NS(=O)(=O)C2(F)CC2)c1F. The molecule has 2 fully saturated rings. The van der Waals surface area contributed by atoms with Crippen LogP contribution in [0.2, 0.25) is 0 Å². The van der Waals surface area contributed by atoms with Crippen LogP contribution >= 0.6 is 0 Å². The van der Waals surface area contributed by atoms with Gasteiger partial charge in [0.05, 0.1) is 13.0 Å². The van der Waals surface area contributed by atoms with Gasteiger partial charge in [0.15, 0.2) is 11.6 Å². The van der Waals surface area contributed by atoms with Gasteiger partial charge in [0, 0.05) is 42.1 Å². The zero-order valence-electron chi connectivity index (χ0n) is 19.2. The summed E-state index contributed by atoms with van der Waals surface area (Å²) in [6.07, 6.45) is 0.536. The summed E-state index contributed by atoms with van der Waals surface area (Å²) < 4.78 is 91.0. The number of halogens is 4. The van der Waals surface area contributed by atoms with Crippen LogP contribution in [-0.2, 0) is 21.2 Å². The molecule has 0 aromatic heterocycles. The maximum absolute atomic E-state index is 15.7. The van der Waals surface area contributed by atoms with Gasteiger partial charge < -0.3 is 15.2 Å². The van der Waals surface area contributed by atoms with E-state index in [9.17, 15) is 26.4 Å². The van der Waals surface area contributed by atoms with E-state index in [4.69, 9.17) is 9.84 Å². The first-order valence-electron chi connectivity index (χ1n) is 11.6. The summed E-state index contributed by atoms with van der Waals surface area (Å²) in [6, 6.07) is 4.51. The molecule has 0 spiro atoms. The van der Waals surface area contributed by atoms with E-state index >= 15 is 4.39 Å². The van der Waals surface area contributed by atoms with Crippen molar-refractivity contribution in [1.82, 2.24) is 10.0 Å². The van der Waals surface area contributed by atoms with Crippen molar-refractivity contribution in [2.75, 3.05) is 13.2 Å². The molecule has 2 atom stereocenters. The monoisotopic (exact) mass is 530 g/mol. The zero-order valence-corrected chi connectivity index (χ0v) is 20.0. The van der Waals surface area contributed by atoms with E-state index in [1.54, 1.807) is 0 Å². The normalized spacial score (nSPS) is 21.2. The molecule has 196 valence electrons. The number of carbonyl (C=O) groups is 1. The van der Waals surface area contributed by atoms with Crippen LogP contribution in [0, 0.1) is 17.5 Å². The highest BCUT2D eigenvalue weighted by Gasteiger charge is 2.56. The minimum Gasteiger partial charge on any atom is -0.489 e. The first-order valence-corrected chi connectivity index (χ1v) is 13.0. The third-order valence-electron chi connectivity index (χ3n) is 6.39. The van der Waals surface area contributed by atoms with E-state index in [0.29, 0.717) is 25.5 Å². The zero-order chi connectivity index (χ0) is 26.1. The predicted molar refractivity (Wildman–Crippen MR) is 123 cm³/mol. The van der Waals surface area contributed by atoms with Crippen LogP contribution in [0.4, 0.5) is 17.6 Å². The van der Waals surface area contributed by atoms with Gasteiger partial charge in [0.1, 0.15) is 11.6 Å². The third kappa shape index (κ3) is 5.65. The maximum atomic E-state index is 15.7. The molecule has 2 aromatic carbocycles. The Balaban J connectivity index is 1.61. The Hall–Kier alpha value is -2.70. The molecule has 7 nitrogen and oxygen atoms in total. The fourth-order valence-corrected chi connectivity index (χ4v) is 5.84. The van der Waals surface area contributed by atoms with Gasteiger partial charge in [-0.15, -0.1) is 0 Å². The molecule has 2 aliphatic rings. The average molecular weight is 531 g/mol. The molecule has 0 bridgehead atoms. The molecule has 3 N–H and O–H groups in total. The number of sulfonamides is 1. The Labute approximate surface area is 205 Å². The van der Waals surface area contributed by atoms with E-state index in [2.05, 4.69) is 10.0 Å². The number of hydrogen-bond acceptors (Lipinski definition) is 5. The van der Waals surface area contributed by atoms with Crippen molar-refractivity contribution < 1.29 is 40.6 Å². The number of rotatable bonds is 10. The van der Waals surface area contributed by atoms with Crippen LogP contribution in [0.25, 0.3) is 11.1 Å². The van der Waals surface area contributed by atoms with Crippen molar-refractivity contribution in [1.29, 1.82) is 0 Å². The fourth-order valence-electron chi connectivity index (χ4n) is 4.31. The lowest BCUT2D eigenvalue weighted by atomic mass is 9.91. The number of hydrogen-bond donors (Lipinski definition) is 3. The highest BCUT2D eigenvalue weighted by Crippen LogP contribution is 2.44. The molecule has 36 heavy (non-hydrogen) atoms. The Morgan fingerprint density at radius 3 is 2.64 bits per heavy atom. The third-order valence-corrected chi connectivity index (χ3v) is 8.38. The molecule has 12 heteroatoms. The second-order valence-corrected chi connectivity index (χ2v) is 11.0. The second kappa shape index (κ2) is 10.3. The first kappa shape index (κ1) is 26.4. The molecule has 1 heterocycles. The summed E-state index contributed by atoms with van der Waals surface area (Å²) in [4.78, 5) is 10.8. The standard InChI is InChI=1S/C24H26F4N2O5S/c25-15-12-17(23(18(26)13-15)35-10-6-21(31)32)16-4-1-3-14(22(16)27)11-20-19(5-2-9-29-20)30-36(33,34)24(28)7-8-24/h1,3-4,12-13,19-20,29-30H,2,5-11H2,(H,31,32)/t19-,20-/m0/s1. The number of alkyl halides is 1. The first-order chi connectivity index (χ1) is 17.0. The maximum Gasteiger partial charge on any atom is 0.306 e. The molecule has 1 aliphatic heterocycles. The van der Waals surface area contributed by atoms with Crippen LogP contribution in [0.3, 0.4) is 0 Å². The quantitative estimate of drug-likeness (QED) is 0.405. The van der Waals surface area contributed by atoms with Crippen LogP contribution in [0.15, 0.2) is 30.3 Å². The number of ether oxygens (including phenoxy) is 1. The van der Waals surface area contributed by atoms with Gasteiger partial charge in [-0.1, -0.05) is 18.2 Å². The van der Waals surface area contributed by atoms with E-state index in [-0.39, 0.29) is 36.0 Å². The minimum absolute atomic E-state index is 0.0269. The van der Waals surface area contributed by atoms with Gasteiger partial charge >= 0.3 is 5.97 Å². The summed E-state index contributed by atoms with van der Waals surface area (Å²) >= 11 is 0. The van der Waals surface area contributed by atoms with Crippen molar-refractivity contribution in [2.24, 2.45) is 0 Å². The lowest BCUT2D eigenvalue weighted by molar-refractivity contribution is -0.137. The van der Waals surface area contributed by atoms with Gasteiger partial charge in [-0.3, -0.25) is 4.79 Å². The second-order valence-electron chi connectivity index (χ2n) is 9.05. The molecule has 0 radical (unpaired) electrons. The van der Waals surface area contributed by atoms with Crippen molar-refractivity contribution in [3.63, 3.8) is 0 Å². The molecule has 0 unspecified atom stereocenters. The number of piperidine rings is 1. The van der Waals surface area contributed by atoms with Gasteiger partial charge in [0.2, 0.25) is 15.0 Å². The summed E-state index contributed by atoms with van der Waals surface area (Å²) in [6.45, 7) is 0.151. The molecule has 4 rings (SSSR count). The number of carboxylic acid groups (broad SMARTS) is 1. The number of aliphatic carboxylic acids is 1. The largest absolute Gasteiger partial charge is 0.489 e. The Kier molecular flexibility index (Phi) is 7.58. The molecule has 2 aromatic rings. The lowest BCUT2D eigenvalue weighted by Gasteiger charge is -2.33. The average Bonchev–Trinajstić information content (AvgIpc) is 3.57. The summed E-state index contributed by atoms with van der Waals surface area (Å²) in [7, 11) is -4.19. The molecule has 1 saturated heterocycles. The number of carboxylic acids is 1. The molecule has 0 amide bonds. The van der Waals surface area contributed by atoms with Crippen molar-refractivity contribution in [2.45, 2.75) is 55.6 Å². The van der Waals surface area contributed by atoms with Crippen LogP contribution in [-0.4, -0.2) is 49.7 Å². The smallest absolute Gasteiger partial charge is 0.306 e. The Morgan fingerprint density at radius 1 is 1.19 bits per heavy atom. The van der Waals surface area contributed by atoms with Gasteiger partial charge in [-0.2, -0.15) is 0 Å². The Bertz CT molecular complexity index is 1250. The van der Waals surface area contributed by atoms with Crippen LogP contribution in [0.1, 0.15) is 37.7 Å². The molecular weight excluding hydrogens is 504 g/mol. The van der Waals surface area contributed by atoms with Crippen molar-refractivity contribution in [3.8, 4) is 16.9 Å². The molecule has 1 saturated carbocycles. The lowest BCUT2D eigenvalue weighted by Crippen LogP contribution is -2.55. The number of nitrogens with one attached hydrogen (secondary N) is 2. The molecule has 1 aliphatic carbocycles. The number of benzene rings is 2. The summed E-state index contributed by atoms with van der Waals surface area (Å²) in [5, 5.41) is 9.69. The van der Waals surface area contributed by atoms with Gasteiger partial charge in [-0.05, 0) is 37.4 Å². The molecular formula is C24H26F4N2O5S. The van der Waals surface area contributed by atoms with Crippen LogP contribution < -0.4 is 14.8 Å². The minimum atomic E-state index is -4.19. The van der Waals surface area contributed by atoms with Crippen LogP contribution in [0.5, 0.6) is 5.75 Å². The highest BCUT2D eigenvalue weighted by atomic mass is 32.2. The van der Waals surface area contributed by atoms with Gasteiger partial charge in [0.25, 0.3) is 0 Å². The summed E-state index contributed by atoms with van der Waals surface area (Å²) in [5.74, 6) is -4.53. The fraction of sp³-hybridized carbons (Fsp3) is 0.458. The highest BCUT2D eigenvalue weighted by molar-refractivity contribution is 7.91. The topological polar surface area (TPSA) is 105 Å². The predicted octanol–water partition coefficient (Wildman–Crippen LogP) is 3.67. The van der Waals surface area contributed by atoms with E-state index < -0.39 is 69.3 Å². The van der Waals surface area contributed by atoms with E-state index in [1.165, 1.54) is 18.2 Å². The van der Waals surface area contributed by atoms with Gasteiger partial charge in [-0.25, -0.2) is 30.7 Å². The van der Waals surface area contributed by atoms with E-state index in [1.807, 2.05) is 0 Å². The van der Waals surface area contributed by atoms with Crippen molar-refractivity contribution in [3.05, 3.63) is 53.3 Å². The van der Waals surface area contributed by atoms with Crippen molar-refractivity contribution >= 4 is 16.0 Å². The summed E-state index contributed by atoms with van der Waals surface area (Å²) in [5.41, 5.74) is -0.234.